The largest absolute Gasteiger partial charge is 0.383 e. The van der Waals surface area contributed by atoms with Crippen molar-refractivity contribution in [2.24, 2.45) is 0 Å². The van der Waals surface area contributed by atoms with Gasteiger partial charge in [0.2, 0.25) is 11.8 Å². The summed E-state index contributed by atoms with van der Waals surface area (Å²) >= 11 is 0. The van der Waals surface area contributed by atoms with Crippen molar-refractivity contribution in [3.05, 3.63) is 29.8 Å². The van der Waals surface area contributed by atoms with Crippen LogP contribution in [0.2, 0.25) is 0 Å². The van der Waals surface area contributed by atoms with Crippen molar-refractivity contribution in [1.82, 2.24) is 10.6 Å². The lowest BCUT2D eigenvalue weighted by atomic mass is 10.1. The number of amides is 2. The van der Waals surface area contributed by atoms with Crippen LogP contribution in [-0.4, -0.2) is 44.7 Å². The van der Waals surface area contributed by atoms with Crippen molar-refractivity contribution in [1.29, 1.82) is 0 Å². The molecule has 21 heavy (non-hydrogen) atoms. The van der Waals surface area contributed by atoms with Crippen LogP contribution < -0.4 is 15.5 Å². The van der Waals surface area contributed by atoms with E-state index in [-0.39, 0.29) is 24.4 Å². The van der Waals surface area contributed by atoms with Crippen LogP contribution in [0.5, 0.6) is 0 Å². The number of anilines is 1. The predicted molar refractivity (Wildman–Crippen MR) is 80.0 cm³/mol. The lowest BCUT2D eigenvalue weighted by Gasteiger charge is -2.33. The molecule has 1 aromatic carbocycles. The minimum atomic E-state index is -0.339. The molecule has 0 spiro atoms. The molecule has 0 bridgehead atoms. The SMILES string of the molecule is COCCNCc1ccc(N2CC(=O)NC(=O)C2C)cc1. The summed E-state index contributed by atoms with van der Waals surface area (Å²) in [5.74, 6) is -0.514. The van der Waals surface area contributed by atoms with Crippen molar-refractivity contribution in [2.45, 2.75) is 19.5 Å². The number of benzene rings is 1. The first-order valence-electron chi connectivity index (χ1n) is 7.00. The molecule has 114 valence electrons. The molecule has 0 aromatic heterocycles. The molecule has 1 aromatic rings. The van der Waals surface area contributed by atoms with E-state index in [9.17, 15) is 9.59 Å². The molecule has 0 saturated carbocycles. The monoisotopic (exact) mass is 291 g/mol. The van der Waals surface area contributed by atoms with Crippen LogP contribution in [0.1, 0.15) is 12.5 Å². The fourth-order valence-corrected chi connectivity index (χ4v) is 2.24. The van der Waals surface area contributed by atoms with Crippen LogP contribution in [0.3, 0.4) is 0 Å². The Bertz CT molecular complexity index is 501. The lowest BCUT2D eigenvalue weighted by Crippen LogP contribution is -2.57. The van der Waals surface area contributed by atoms with Gasteiger partial charge < -0.3 is 15.0 Å². The minimum Gasteiger partial charge on any atom is -0.383 e. The maximum atomic E-state index is 11.7. The molecule has 6 heteroatoms. The van der Waals surface area contributed by atoms with Crippen molar-refractivity contribution < 1.29 is 14.3 Å². The van der Waals surface area contributed by atoms with Gasteiger partial charge in [0.25, 0.3) is 0 Å². The van der Waals surface area contributed by atoms with Gasteiger partial charge in [0, 0.05) is 25.9 Å². The number of nitrogens with zero attached hydrogens (tertiary/aromatic N) is 1. The highest BCUT2D eigenvalue weighted by Crippen LogP contribution is 2.19. The molecule has 1 unspecified atom stereocenters. The summed E-state index contributed by atoms with van der Waals surface area (Å²) in [6.45, 7) is 4.25. The summed E-state index contributed by atoms with van der Waals surface area (Å²) in [6.07, 6.45) is 0. The van der Waals surface area contributed by atoms with E-state index < -0.39 is 0 Å². The Morgan fingerprint density at radius 1 is 1.33 bits per heavy atom. The van der Waals surface area contributed by atoms with E-state index in [2.05, 4.69) is 10.6 Å². The normalized spacial score (nSPS) is 18.8. The Kier molecular flexibility index (Phi) is 5.30. The molecule has 0 aliphatic carbocycles. The number of carbonyl (C=O) groups excluding carboxylic acids is 2. The fraction of sp³-hybridized carbons (Fsp3) is 0.467. The van der Waals surface area contributed by atoms with E-state index in [4.69, 9.17) is 4.74 Å². The highest BCUT2D eigenvalue weighted by Gasteiger charge is 2.30. The highest BCUT2D eigenvalue weighted by molar-refractivity contribution is 6.04. The Morgan fingerprint density at radius 2 is 2.05 bits per heavy atom. The second-order valence-corrected chi connectivity index (χ2v) is 5.05. The molecule has 0 radical (unpaired) electrons. The van der Waals surface area contributed by atoms with Crippen LogP contribution in [0.4, 0.5) is 5.69 Å². The summed E-state index contributed by atoms with van der Waals surface area (Å²) in [5.41, 5.74) is 2.03. The molecule has 6 nitrogen and oxygen atoms in total. The summed E-state index contributed by atoms with van der Waals surface area (Å²) in [4.78, 5) is 24.9. The van der Waals surface area contributed by atoms with Gasteiger partial charge in [0.1, 0.15) is 6.04 Å². The Labute approximate surface area is 124 Å². The van der Waals surface area contributed by atoms with Crippen molar-refractivity contribution in [3.8, 4) is 0 Å². The number of carbonyl (C=O) groups is 2. The molecular formula is C15H21N3O3. The third kappa shape index (κ3) is 4.03. The second kappa shape index (κ2) is 7.19. The van der Waals surface area contributed by atoms with Crippen LogP contribution in [0.15, 0.2) is 24.3 Å². The molecule has 2 N–H and O–H groups in total. The molecule has 1 saturated heterocycles. The van der Waals surface area contributed by atoms with Crippen LogP contribution in [0, 0.1) is 0 Å². The predicted octanol–water partition coefficient (Wildman–Crippen LogP) is 0.274. The average Bonchev–Trinajstić information content (AvgIpc) is 2.48. The fourth-order valence-electron chi connectivity index (χ4n) is 2.24. The quantitative estimate of drug-likeness (QED) is 0.582. The van der Waals surface area contributed by atoms with E-state index in [1.165, 1.54) is 0 Å². The van der Waals surface area contributed by atoms with Gasteiger partial charge in [0.05, 0.1) is 13.2 Å². The zero-order valence-corrected chi connectivity index (χ0v) is 12.4. The number of imide groups is 1. The summed E-state index contributed by atoms with van der Waals surface area (Å²) in [5, 5.41) is 5.61. The lowest BCUT2D eigenvalue weighted by molar-refractivity contribution is -0.132. The molecule has 2 amide bonds. The first-order chi connectivity index (χ1) is 10.1. The molecule has 1 aliphatic rings. The molecule has 1 heterocycles. The smallest absolute Gasteiger partial charge is 0.249 e. The second-order valence-electron chi connectivity index (χ2n) is 5.05. The van der Waals surface area contributed by atoms with Crippen molar-refractivity contribution in [2.75, 3.05) is 31.7 Å². The molecule has 2 rings (SSSR count). The van der Waals surface area contributed by atoms with Gasteiger partial charge in [-0.1, -0.05) is 12.1 Å². The summed E-state index contributed by atoms with van der Waals surface area (Å²) < 4.78 is 4.97. The zero-order valence-electron chi connectivity index (χ0n) is 12.4. The average molecular weight is 291 g/mol. The van der Waals surface area contributed by atoms with Gasteiger partial charge in [0.15, 0.2) is 0 Å². The van der Waals surface area contributed by atoms with E-state index >= 15 is 0 Å². The van der Waals surface area contributed by atoms with E-state index in [0.29, 0.717) is 6.61 Å². The summed E-state index contributed by atoms with van der Waals surface area (Å²) in [7, 11) is 1.67. The first kappa shape index (κ1) is 15.5. The molecular weight excluding hydrogens is 270 g/mol. The van der Waals surface area contributed by atoms with Crippen LogP contribution >= 0.6 is 0 Å². The first-order valence-corrected chi connectivity index (χ1v) is 7.00. The number of nitrogens with one attached hydrogen (secondary N) is 2. The highest BCUT2D eigenvalue weighted by atomic mass is 16.5. The standard InChI is InChI=1S/C15H21N3O3/c1-11-15(20)17-14(19)10-18(11)13-5-3-12(4-6-13)9-16-7-8-21-2/h3-6,11,16H,7-10H2,1-2H3,(H,17,19,20). The van der Waals surface area contributed by atoms with Gasteiger partial charge in [-0.2, -0.15) is 0 Å². The van der Waals surface area contributed by atoms with Crippen LogP contribution in [-0.2, 0) is 20.9 Å². The topological polar surface area (TPSA) is 70.7 Å². The van der Waals surface area contributed by atoms with Gasteiger partial charge in [-0.15, -0.1) is 0 Å². The molecule has 1 fully saturated rings. The number of hydrogen-bond donors (Lipinski definition) is 2. The Balaban J connectivity index is 1.97. The van der Waals surface area contributed by atoms with E-state index in [1.54, 1.807) is 14.0 Å². The number of ether oxygens (including phenoxy) is 1. The third-order valence-electron chi connectivity index (χ3n) is 3.50. The summed E-state index contributed by atoms with van der Waals surface area (Å²) in [6, 6.07) is 7.54. The Morgan fingerprint density at radius 3 is 2.71 bits per heavy atom. The maximum absolute atomic E-state index is 11.7. The van der Waals surface area contributed by atoms with Crippen molar-refractivity contribution in [3.63, 3.8) is 0 Å². The van der Waals surface area contributed by atoms with E-state index in [0.717, 1.165) is 24.3 Å². The Hall–Kier alpha value is -1.92. The van der Waals surface area contributed by atoms with Crippen LogP contribution in [0.25, 0.3) is 0 Å². The van der Waals surface area contributed by atoms with Gasteiger partial charge in [-0.05, 0) is 24.6 Å². The number of methoxy groups -OCH3 is 1. The number of hydrogen-bond acceptors (Lipinski definition) is 5. The number of rotatable bonds is 6. The molecule has 1 aliphatic heterocycles. The number of piperazine rings is 1. The van der Waals surface area contributed by atoms with Gasteiger partial charge in [-0.25, -0.2) is 0 Å². The zero-order chi connectivity index (χ0) is 15.2. The minimum absolute atomic E-state index is 0.207. The van der Waals surface area contributed by atoms with Gasteiger partial charge >= 0.3 is 0 Å². The van der Waals surface area contributed by atoms with Gasteiger partial charge in [-0.3, -0.25) is 14.9 Å². The van der Waals surface area contributed by atoms with E-state index in [1.807, 2.05) is 29.2 Å². The maximum Gasteiger partial charge on any atom is 0.249 e. The van der Waals surface area contributed by atoms with Crippen molar-refractivity contribution >= 4 is 17.5 Å². The third-order valence-corrected chi connectivity index (χ3v) is 3.50. The molecule has 1 atom stereocenters.